The molecule has 2 rings (SSSR count). The van der Waals surface area contributed by atoms with E-state index in [1.807, 2.05) is 11.7 Å². The molecule has 104 valence electrons. The zero-order valence-electron chi connectivity index (χ0n) is 12.0. The van der Waals surface area contributed by atoms with Crippen molar-refractivity contribution in [2.45, 2.75) is 39.2 Å². The maximum atomic E-state index is 4.56. The minimum atomic E-state index is 0.411. The van der Waals surface area contributed by atoms with Crippen molar-refractivity contribution >= 4 is 11.3 Å². The average Bonchev–Trinajstić information content (AvgIpc) is 3.03. The van der Waals surface area contributed by atoms with Crippen molar-refractivity contribution in [3.05, 3.63) is 39.8 Å². The van der Waals surface area contributed by atoms with Crippen LogP contribution in [0, 0.1) is 0 Å². The molecule has 0 radical (unpaired) electrons. The first-order valence-corrected chi connectivity index (χ1v) is 7.95. The SMILES string of the molecule is CCNC(CCc1ccsc1)c1cn(C)nc1CC. The smallest absolute Gasteiger partial charge is 0.0669 e. The van der Waals surface area contributed by atoms with Crippen molar-refractivity contribution < 1.29 is 0 Å². The summed E-state index contributed by atoms with van der Waals surface area (Å²) in [6.07, 6.45) is 5.42. The number of aromatic nitrogens is 2. The number of aryl methyl sites for hydroxylation is 3. The largest absolute Gasteiger partial charge is 0.310 e. The third-order valence-electron chi connectivity index (χ3n) is 3.40. The first kappa shape index (κ1) is 14.3. The minimum Gasteiger partial charge on any atom is -0.310 e. The van der Waals surface area contributed by atoms with E-state index in [9.17, 15) is 0 Å². The molecule has 0 fully saturated rings. The molecule has 19 heavy (non-hydrogen) atoms. The minimum absolute atomic E-state index is 0.411. The van der Waals surface area contributed by atoms with Crippen LogP contribution in [0.5, 0.6) is 0 Å². The van der Waals surface area contributed by atoms with Crippen molar-refractivity contribution in [3.63, 3.8) is 0 Å². The highest BCUT2D eigenvalue weighted by Crippen LogP contribution is 2.23. The van der Waals surface area contributed by atoms with Crippen LogP contribution < -0.4 is 5.32 Å². The average molecular weight is 277 g/mol. The molecule has 1 unspecified atom stereocenters. The summed E-state index contributed by atoms with van der Waals surface area (Å²) in [5, 5.41) is 12.6. The number of thiophene rings is 1. The molecular weight excluding hydrogens is 254 g/mol. The van der Waals surface area contributed by atoms with Gasteiger partial charge in [-0.2, -0.15) is 16.4 Å². The molecule has 4 heteroatoms. The molecular formula is C15H23N3S. The van der Waals surface area contributed by atoms with Gasteiger partial charge in [-0.15, -0.1) is 0 Å². The van der Waals surface area contributed by atoms with Gasteiger partial charge in [-0.25, -0.2) is 0 Å². The Hall–Kier alpha value is -1.13. The third kappa shape index (κ3) is 3.67. The van der Waals surface area contributed by atoms with Crippen LogP contribution >= 0.6 is 11.3 Å². The van der Waals surface area contributed by atoms with Crippen LogP contribution in [0.25, 0.3) is 0 Å². The molecule has 0 aliphatic carbocycles. The van der Waals surface area contributed by atoms with Crippen LogP contribution in [-0.2, 0) is 19.9 Å². The number of hydrogen-bond donors (Lipinski definition) is 1. The van der Waals surface area contributed by atoms with E-state index in [-0.39, 0.29) is 0 Å². The topological polar surface area (TPSA) is 29.9 Å². The van der Waals surface area contributed by atoms with Gasteiger partial charge >= 0.3 is 0 Å². The molecule has 0 aromatic carbocycles. The highest BCUT2D eigenvalue weighted by Gasteiger charge is 2.16. The van der Waals surface area contributed by atoms with Crippen molar-refractivity contribution in [2.24, 2.45) is 7.05 Å². The lowest BCUT2D eigenvalue weighted by Crippen LogP contribution is -2.22. The molecule has 0 spiro atoms. The van der Waals surface area contributed by atoms with Crippen LogP contribution in [0.15, 0.2) is 23.0 Å². The summed E-state index contributed by atoms with van der Waals surface area (Å²) in [4.78, 5) is 0. The maximum Gasteiger partial charge on any atom is 0.0669 e. The standard InChI is InChI=1S/C15H23N3S/c1-4-14-13(10-18(3)17-14)15(16-5-2)7-6-12-8-9-19-11-12/h8-11,15-16H,4-7H2,1-3H3. The Bertz CT molecular complexity index is 487. The molecule has 2 heterocycles. The lowest BCUT2D eigenvalue weighted by Gasteiger charge is -2.17. The van der Waals surface area contributed by atoms with Crippen molar-refractivity contribution in [3.8, 4) is 0 Å². The zero-order valence-corrected chi connectivity index (χ0v) is 12.8. The Morgan fingerprint density at radius 1 is 1.42 bits per heavy atom. The van der Waals surface area contributed by atoms with Crippen LogP contribution in [0.2, 0.25) is 0 Å². The normalized spacial score (nSPS) is 12.8. The summed E-state index contributed by atoms with van der Waals surface area (Å²) in [7, 11) is 2.00. The van der Waals surface area contributed by atoms with E-state index < -0.39 is 0 Å². The van der Waals surface area contributed by atoms with Crippen LogP contribution in [0.4, 0.5) is 0 Å². The third-order valence-corrected chi connectivity index (χ3v) is 4.13. The molecule has 0 saturated carbocycles. The van der Waals surface area contributed by atoms with E-state index in [1.165, 1.54) is 16.8 Å². The highest BCUT2D eigenvalue weighted by molar-refractivity contribution is 7.07. The Morgan fingerprint density at radius 2 is 2.26 bits per heavy atom. The monoisotopic (exact) mass is 277 g/mol. The van der Waals surface area contributed by atoms with Crippen molar-refractivity contribution in [1.29, 1.82) is 0 Å². The van der Waals surface area contributed by atoms with Gasteiger partial charge in [-0.1, -0.05) is 13.8 Å². The lowest BCUT2D eigenvalue weighted by atomic mass is 9.99. The summed E-state index contributed by atoms with van der Waals surface area (Å²) in [6, 6.07) is 2.63. The molecule has 2 aromatic heterocycles. The number of nitrogens with one attached hydrogen (secondary N) is 1. The van der Waals surface area contributed by atoms with E-state index in [2.05, 4.69) is 47.3 Å². The van der Waals surface area contributed by atoms with Gasteiger partial charge < -0.3 is 5.32 Å². The molecule has 1 atom stereocenters. The first-order valence-electron chi connectivity index (χ1n) is 7.01. The maximum absolute atomic E-state index is 4.56. The second kappa shape index (κ2) is 6.87. The van der Waals surface area contributed by atoms with Crippen molar-refractivity contribution in [1.82, 2.24) is 15.1 Å². The first-order chi connectivity index (χ1) is 9.24. The summed E-state index contributed by atoms with van der Waals surface area (Å²) in [6.45, 7) is 5.33. The molecule has 0 amide bonds. The predicted molar refractivity (Wildman–Crippen MR) is 81.6 cm³/mol. The molecule has 1 N–H and O–H groups in total. The predicted octanol–water partition coefficient (Wildman–Crippen LogP) is 3.33. The highest BCUT2D eigenvalue weighted by atomic mass is 32.1. The van der Waals surface area contributed by atoms with Gasteiger partial charge in [-0.3, -0.25) is 4.68 Å². The number of rotatable bonds is 7. The molecule has 2 aromatic rings. The number of nitrogens with zero attached hydrogens (tertiary/aromatic N) is 2. The summed E-state index contributed by atoms with van der Waals surface area (Å²) >= 11 is 1.78. The quantitative estimate of drug-likeness (QED) is 0.841. The van der Waals surface area contributed by atoms with Gasteiger partial charge in [0.15, 0.2) is 0 Å². The van der Waals surface area contributed by atoms with E-state index in [0.29, 0.717) is 6.04 Å². The van der Waals surface area contributed by atoms with Gasteiger partial charge in [0.2, 0.25) is 0 Å². The van der Waals surface area contributed by atoms with Crippen LogP contribution in [0.3, 0.4) is 0 Å². The zero-order chi connectivity index (χ0) is 13.7. The van der Waals surface area contributed by atoms with Gasteiger partial charge in [0.25, 0.3) is 0 Å². The van der Waals surface area contributed by atoms with E-state index in [1.54, 1.807) is 11.3 Å². The van der Waals surface area contributed by atoms with Gasteiger partial charge in [-0.05, 0) is 48.2 Å². The second-order valence-electron chi connectivity index (χ2n) is 4.84. The Kier molecular flexibility index (Phi) is 5.16. The molecule has 0 saturated heterocycles. The fourth-order valence-corrected chi connectivity index (χ4v) is 3.18. The van der Waals surface area contributed by atoms with Gasteiger partial charge in [0, 0.05) is 24.8 Å². The summed E-state index contributed by atoms with van der Waals surface area (Å²) in [5.41, 5.74) is 4.02. The van der Waals surface area contributed by atoms with Crippen molar-refractivity contribution in [2.75, 3.05) is 6.54 Å². The van der Waals surface area contributed by atoms with Gasteiger partial charge in [0.05, 0.1) is 5.69 Å². The fourth-order valence-electron chi connectivity index (χ4n) is 2.48. The Labute approximate surface area is 119 Å². The fraction of sp³-hybridized carbons (Fsp3) is 0.533. The molecule has 0 bridgehead atoms. The second-order valence-corrected chi connectivity index (χ2v) is 5.62. The number of hydrogen-bond acceptors (Lipinski definition) is 3. The van der Waals surface area contributed by atoms with E-state index >= 15 is 0 Å². The van der Waals surface area contributed by atoms with Crippen LogP contribution in [0.1, 0.15) is 43.1 Å². The van der Waals surface area contributed by atoms with Gasteiger partial charge in [0.1, 0.15) is 0 Å². The Morgan fingerprint density at radius 3 is 2.89 bits per heavy atom. The Balaban J connectivity index is 2.09. The molecule has 3 nitrogen and oxygen atoms in total. The molecule has 0 aliphatic rings. The summed E-state index contributed by atoms with van der Waals surface area (Å²) in [5.74, 6) is 0. The lowest BCUT2D eigenvalue weighted by molar-refractivity contribution is 0.512. The van der Waals surface area contributed by atoms with Crippen LogP contribution in [-0.4, -0.2) is 16.3 Å². The van der Waals surface area contributed by atoms with E-state index in [0.717, 1.165) is 25.8 Å². The summed E-state index contributed by atoms with van der Waals surface area (Å²) < 4.78 is 1.93. The molecule has 0 aliphatic heterocycles. The van der Waals surface area contributed by atoms with E-state index in [4.69, 9.17) is 0 Å².